The molecule has 0 aromatic heterocycles. The van der Waals surface area contributed by atoms with Crippen LogP contribution in [0.1, 0.15) is 44.4 Å². The maximum Gasteiger partial charge on any atom is 0.416 e. The molecule has 0 fully saturated rings. The second kappa shape index (κ2) is 6.79. The van der Waals surface area contributed by atoms with Crippen LogP contribution in [0.2, 0.25) is 0 Å². The fourth-order valence-electron chi connectivity index (χ4n) is 2.57. The van der Waals surface area contributed by atoms with Gasteiger partial charge in [0.25, 0.3) is 0 Å². The van der Waals surface area contributed by atoms with Crippen molar-refractivity contribution in [2.75, 3.05) is 20.6 Å². The van der Waals surface area contributed by atoms with Crippen LogP contribution < -0.4 is 5.32 Å². The van der Waals surface area contributed by atoms with Crippen LogP contribution in [-0.4, -0.2) is 31.1 Å². The first-order chi connectivity index (χ1) is 9.66. The Morgan fingerprint density at radius 3 is 2.24 bits per heavy atom. The van der Waals surface area contributed by atoms with Gasteiger partial charge in [0, 0.05) is 5.54 Å². The molecule has 0 radical (unpaired) electrons. The van der Waals surface area contributed by atoms with E-state index in [2.05, 4.69) is 24.1 Å². The molecule has 1 aromatic rings. The fraction of sp³-hybridized carbons (Fsp3) is 0.625. The van der Waals surface area contributed by atoms with Gasteiger partial charge in [0.15, 0.2) is 0 Å². The molecule has 0 bridgehead atoms. The van der Waals surface area contributed by atoms with Crippen molar-refractivity contribution in [3.63, 3.8) is 0 Å². The van der Waals surface area contributed by atoms with Crippen LogP contribution in [0, 0.1) is 0 Å². The van der Waals surface area contributed by atoms with Gasteiger partial charge in [0.2, 0.25) is 0 Å². The summed E-state index contributed by atoms with van der Waals surface area (Å²) in [6, 6.07) is 5.45. The Morgan fingerprint density at radius 1 is 1.19 bits per heavy atom. The zero-order valence-corrected chi connectivity index (χ0v) is 13.4. The molecule has 0 spiro atoms. The minimum absolute atomic E-state index is 0.162. The third kappa shape index (κ3) is 3.98. The maximum atomic E-state index is 12.9. The first-order valence-corrected chi connectivity index (χ1v) is 7.24. The number of hydrogen-bond acceptors (Lipinski definition) is 2. The molecule has 2 nitrogen and oxygen atoms in total. The number of alkyl halides is 3. The second-order valence-corrected chi connectivity index (χ2v) is 5.72. The third-order valence-corrected chi connectivity index (χ3v) is 4.31. The monoisotopic (exact) mass is 302 g/mol. The van der Waals surface area contributed by atoms with Gasteiger partial charge in [0.05, 0.1) is 11.6 Å². The first-order valence-electron chi connectivity index (χ1n) is 7.24. The van der Waals surface area contributed by atoms with Crippen molar-refractivity contribution in [3.8, 4) is 0 Å². The zero-order chi connectivity index (χ0) is 16.3. The van der Waals surface area contributed by atoms with Crippen LogP contribution in [0.15, 0.2) is 24.3 Å². The van der Waals surface area contributed by atoms with Crippen LogP contribution in [0.4, 0.5) is 13.2 Å². The van der Waals surface area contributed by atoms with Crippen LogP contribution in [0.25, 0.3) is 0 Å². The van der Waals surface area contributed by atoms with Gasteiger partial charge in [-0.1, -0.05) is 26.0 Å². The average Bonchev–Trinajstić information content (AvgIpc) is 2.43. The van der Waals surface area contributed by atoms with Crippen LogP contribution in [0.3, 0.4) is 0 Å². The molecule has 120 valence electrons. The van der Waals surface area contributed by atoms with Crippen molar-refractivity contribution in [2.45, 2.75) is 44.9 Å². The number of nitrogens with zero attached hydrogens (tertiary/aromatic N) is 1. The molecule has 0 saturated heterocycles. The highest BCUT2D eigenvalue weighted by Crippen LogP contribution is 2.36. The minimum Gasteiger partial charge on any atom is -0.309 e. The molecule has 1 aromatic carbocycles. The molecule has 1 rings (SSSR count). The lowest BCUT2D eigenvalue weighted by atomic mass is 9.83. The van der Waals surface area contributed by atoms with E-state index in [4.69, 9.17) is 0 Å². The normalized spacial score (nSPS) is 16.8. The summed E-state index contributed by atoms with van der Waals surface area (Å²) in [7, 11) is 3.92. The van der Waals surface area contributed by atoms with Crippen molar-refractivity contribution >= 4 is 0 Å². The van der Waals surface area contributed by atoms with E-state index < -0.39 is 11.7 Å². The van der Waals surface area contributed by atoms with Gasteiger partial charge in [-0.05, 0) is 51.7 Å². The molecule has 2 unspecified atom stereocenters. The fourth-order valence-corrected chi connectivity index (χ4v) is 2.57. The Kier molecular flexibility index (Phi) is 5.82. The Balaban J connectivity index is 3.29. The summed E-state index contributed by atoms with van der Waals surface area (Å²) in [6.45, 7) is 6.79. The van der Waals surface area contributed by atoms with Crippen molar-refractivity contribution < 1.29 is 13.2 Å². The van der Waals surface area contributed by atoms with E-state index in [0.717, 1.165) is 12.5 Å². The van der Waals surface area contributed by atoms with E-state index in [1.807, 2.05) is 21.0 Å². The zero-order valence-electron chi connectivity index (χ0n) is 13.4. The van der Waals surface area contributed by atoms with Gasteiger partial charge in [-0.25, -0.2) is 0 Å². The molecule has 0 aliphatic heterocycles. The average molecular weight is 302 g/mol. The van der Waals surface area contributed by atoms with Crippen molar-refractivity contribution in [1.82, 2.24) is 10.2 Å². The largest absolute Gasteiger partial charge is 0.416 e. The van der Waals surface area contributed by atoms with Crippen LogP contribution >= 0.6 is 0 Å². The third-order valence-electron chi connectivity index (χ3n) is 4.31. The Morgan fingerprint density at radius 2 is 1.81 bits per heavy atom. The summed E-state index contributed by atoms with van der Waals surface area (Å²) in [5.74, 6) is 0. The SMILES string of the molecule is CCNC(c1cccc(C(F)(F)F)c1)C(C)(CC)N(C)C. The molecule has 2 atom stereocenters. The maximum absolute atomic E-state index is 12.9. The summed E-state index contributed by atoms with van der Waals surface area (Å²) >= 11 is 0. The van der Waals surface area contributed by atoms with Crippen LogP contribution in [-0.2, 0) is 6.18 Å². The van der Waals surface area contributed by atoms with Crippen molar-refractivity contribution in [2.24, 2.45) is 0 Å². The minimum atomic E-state index is -4.31. The summed E-state index contributed by atoms with van der Waals surface area (Å²) in [5.41, 5.74) is -0.190. The smallest absolute Gasteiger partial charge is 0.309 e. The molecule has 0 amide bonds. The Bertz CT molecular complexity index is 457. The molecule has 0 heterocycles. The van der Waals surface area contributed by atoms with E-state index in [9.17, 15) is 13.2 Å². The second-order valence-electron chi connectivity index (χ2n) is 5.72. The number of rotatable bonds is 6. The highest BCUT2D eigenvalue weighted by Gasteiger charge is 2.37. The summed E-state index contributed by atoms with van der Waals surface area (Å²) < 4.78 is 38.8. The number of nitrogens with one attached hydrogen (secondary N) is 1. The van der Waals surface area contributed by atoms with E-state index in [-0.39, 0.29) is 11.6 Å². The Labute approximate surface area is 125 Å². The topological polar surface area (TPSA) is 15.3 Å². The van der Waals surface area contributed by atoms with Gasteiger partial charge < -0.3 is 10.2 Å². The lowest BCUT2D eigenvalue weighted by molar-refractivity contribution is -0.137. The Hall–Kier alpha value is -1.07. The number of hydrogen-bond donors (Lipinski definition) is 1. The van der Waals surface area contributed by atoms with Crippen LogP contribution in [0.5, 0.6) is 0 Å². The quantitative estimate of drug-likeness (QED) is 0.851. The van der Waals surface area contributed by atoms with E-state index in [1.165, 1.54) is 12.1 Å². The summed E-state index contributed by atoms with van der Waals surface area (Å²) in [5, 5.41) is 3.34. The van der Waals surface area contributed by atoms with Crippen molar-refractivity contribution in [1.29, 1.82) is 0 Å². The molecule has 5 heteroatoms. The molecule has 0 saturated carbocycles. The van der Waals surface area contributed by atoms with E-state index >= 15 is 0 Å². The number of likely N-dealkylation sites (N-methyl/N-ethyl adjacent to an activating group) is 2. The predicted molar refractivity (Wildman–Crippen MR) is 80.2 cm³/mol. The van der Waals surface area contributed by atoms with E-state index in [0.29, 0.717) is 12.1 Å². The number of benzene rings is 1. The predicted octanol–water partition coefficient (Wildman–Crippen LogP) is 4.09. The van der Waals surface area contributed by atoms with Gasteiger partial charge in [-0.15, -0.1) is 0 Å². The molecule has 0 aliphatic carbocycles. The lowest BCUT2D eigenvalue weighted by Gasteiger charge is -2.43. The van der Waals surface area contributed by atoms with Crippen molar-refractivity contribution in [3.05, 3.63) is 35.4 Å². The van der Waals surface area contributed by atoms with E-state index in [1.54, 1.807) is 6.07 Å². The van der Waals surface area contributed by atoms with Gasteiger partial charge in [-0.2, -0.15) is 13.2 Å². The highest BCUT2D eigenvalue weighted by atomic mass is 19.4. The molecular weight excluding hydrogens is 277 g/mol. The molecule has 1 N–H and O–H groups in total. The summed E-state index contributed by atoms with van der Waals surface area (Å²) in [4.78, 5) is 2.07. The summed E-state index contributed by atoms with van der Waals surface area (Å²) in [6.07, 6.45) is -3.48. The van der Waals surface area contributed by atoms with Gasteiger partial charge in [-0.3, -0.25) is 0 Å². The number of halogens is 3. The highest BCUT2D eigenvalue weighted by molar-refractivity contribution is 5.30. The molecular formula is C16H25F3N2. The first kappa shape index (κ1) is 18.0. The van der Waals surface area contributed by atoms with Gasteiger partial charge >= 0.3 is 6.18 Å². The lowest BCUT2D eigenvalue weighted by Crippen LogP contribution is -2.51. The molecule has 21 heavy (non-hydrogen) atoms. The standard InChI is InChI=1S/C16H25F3N2/c1-6-15(3,21(4)5)14(20-7-2)12-9-8-10-13(11-12)16(17,18)19/h8-11,14,20H,6-7H2,1-5H3. The van der Waals surface area contributed by atoms with Gasteiger partial charge in [0.1, 0.15) is 0 Å². The molecule has 0 aliphatic rings.